The number of amides is 2. The highest BCUT2D eigenvalue weighted by molar-refractivity contribution is 7.47. The summed E-state index contributed by atoms with van der Waals surface area (Å²) >= 11 is 0. The quantitative estimate of drug-likeness (QED) is 0.0182. The first-order valence-corrected chi connectivity index (χ1v) is 31.8. The summed E-state index contributed by atoms with van der Waals surface area (Å²) in [5.41, 5.74) is 0.839. The van der Waals surface area contributed by atoms with Crippen molar-refractivity contribution < 1.29 is 77.1 Å². The predicted molar refractivity (Wildman–Crippen MR) is 301 cm³/mol. The van der Waals surface area contributed by atoms with E-state index >= 15 is 0 Å². The summed E-state index contributed by atoms with van der Waals surface area (Å²) in [5.74, 6) is -1.50. The molecule has 1 aliphatic rings. The number of ether oxygens (including phenoxy) is 4. The van der Waals surface area contributed by atoms with E-state index in [4.69, 9.17) is 28.0 Å². The maximum atomic E-state index is 12.9. The molecular formula is C59H105N2O16P. The first-order valence-electron chi connectivity index (χ1n) is 30.3. The van der Waals surface area contributed by atoms with E-state index in [1.54, 1.807) is 24.3 Å². The minimum atomic E-state index is -4.68. The molecule has 0 aromatic heterocycles. The number of phosphoric ester groups is 1. The molecule has 1 aliphatic heterocycles. The summed E-state index contributed by atoms with van der Waals surface area (Å²) in [6, 6.07) is 6.67. The van der Waals surface area contributed by atoms with E-state index in [1.165, 1.54) is 141 Å². The molecule has 7 atom stereocenters. The highest BCUT2D eigenvalue weighted by atomic mass is 31.2. The molecule has 2 amide bonds. The van der Waals surface area contributed by atoms with Crippen LogP contribution in [0.5, 0.6) is 5.75 Å². The van der Waals surface area contributed by atoms with Gasteiger partial charge in [-0.2, -0.15) is 0 Å². The molecular weight excluding hydrogens is 1020 g/mol. The summed E-state index contributed by atoms with van der Waals surface area (Å²) in [5, 5.41) is 44.8. The number of rotatable bonds is 51. The fraction of sp³-hybridized carbons (Fsp3) is 0.831. The number of hydrogen-bond acceptors (Lipinski definition) is 15. The molecule has 1 heterocycles. The van der Waals surface area contributed by atoms with Crippen LogP contribution in [0.2, 0.25) is 0 Å². The number of carbonyl (C=O) groups is 4. The summed E-state index contributed by atoms with van der Waals surface area (Å²) < 4.78 is 45.0. The molecule has 2 rings (SSSR count). The lowest BCUT2D eigenvalue weighted by molar-refractivity contribution is -0.277. The third kappa shape index (κ3) is 36.9. The second-order valence-corrected chi connectivity index (χ2v) is 22.7. The smallest absolute Gasteiger partial charge is 0.462 e. The van der Waals surface area contributed by atoms with Gasteiger partial charge in [0, 0.05) is 38.8 Å². The maximum absolute atomic E-state index is 12.9. The fourth-order valence-corrected chi connectivity index (χ4v) is 10.0. The van der Waals surface area contributed by atoms with Crippen LogP contribution in [0.25, 0.3) is 0 Å². The SMILES string of the molecule is CCCCCCCCCCCCCCCCCC(=O)OCC(COP(=O)(O)OCCNC(=O)CCC(=O)NCCc1ccc(O[C@H]2OC(CO)[C@@H](O)C(O)C2O)cc1)OC(=O)CCCCCCCCCCCCCCCCC. The Labute approximate surface area is 468 Å². The second-order valence-electron chi connectivity index (χ2n) is 21.2. The zero-order valence-electron chi connectivity index (χ0n) is 47.9. The molecule has 0 radical (unpaired) electrons. The largest absolute Gasteiger partial charge is 0.472 e. The lowest BCUT2D eigenvalue weighted by Gasteiger charge is -2.39. The van der Waals surface area contributed by atoms with Gasteiger partial charge in [-0.3, -0.25) is 28.2 Å². The molecule has 0 saturated carbocycles. The van der Waals surface area contributed by atoms with Gasteiger partial charge in [0.05, 0.1) is 19.8 Å². The first-order chi connectivity index (χ1) is 37.8. The molecule has 5 unspecified atom stereocenters. The Morgan fingerprint density at radius 2 is 0.987 bits per heavy atom. The van der Waals surface area contributed by atoms with Crippen molar-refractivity contribution in [1.29, 1.82) is 0 Å². The molecule has 1 saturated heterocycles. The predicted octanol–water partition coefficient (Wildman–Crippen LogP) is 10.5. The number of aliphatic hydroxyl groups is 4. The van der Waals surface area contributed by atoms with Crippen molar-refractivity contribution in [2.45, 2.75) is 275 Å². The number of unbranched alkanes of at least 4 members (excludes halogenated alkanes) is 28. The number of esters is 2. The highest BCUT2D eigenvalue weighted by Gasteiger charge is 2.44. The van der Waals surface area contributed by atoms with Gasteiger partial charge in [0.25, 0.3) is 0 Å². The standard InChI is InChI=1S/C59H105N2O16P/c1-3-5-7-9-11-13-15-17-19-21-23-25-27-29-31-33-54(65)72-46-50(75-55(66)34-32-30-28-26-24-22-20-18-16-14-12-10-8-6-4-2)47-74-78(70,71)73-44-43-61-53(64)40-39-52(63)60-42-41-48-35-37-49(38-36-48)76-59-58(69)57(68)56(67)51(45-62)77-59/h35-38,50-51,56-59,62,67-69H,3-34,39-47H2,1-2H3,(H,60,63)(H,61,64)(H,70,71)/t50?,51?,56-,57?,58?,59+/m1/s1. The van der Waals surface area contributed by atoms with Gasteiger partial charge >= 0.3 is 19.8 Å². The Morgan fingerprint density at radius 1 is 0.551 bits per heavy atom. The highest BCUT2D eigenvalue weighted by Crippen LogP contribution is 2.43. The van der Waals surface area contributed by atoms with E-state index < -0.39 is 82.3 Å². The molecule has 452 valence electrons. The Kier molecular flexibility index (Phi) is 42.2. The van der Waals surface area contributed by atoms with Gasteiger partial charge in [-0.25, -0.2) is 4.57 Å². The molecule has 0 aliphatic carbocycles. The number of carbonyl (C=O) groups excluding carboxylic acids is 4. The average molecular weight is 1130 g/mol. The van der Waals surface area contributed by atoms with Crippen molar-refractivity contribution in [3.63, 3.8) is 0 Å². The van der Waals surface area contributed by atoms with Crippen LogP contribution in [0, 0.1) is 0 Å². The number of aliphatic hydroxyl groups excluding tert-OH is 4. The molecule has 1 fully saturated rings. The topological polar surface area (TPSA) is 266 Å². The van der Waals surface area contributed by atoms with Gasteiger partial charge < -0.3 is 54.9 Å². The Morgan fingerprint density at radius 3 is 1.45 bits per heavy atom. The molecule has 7 N–H and O–H groups in total. The molecule has 1 aromatic rings. The van der Waals surface area contributed by atoms with Gasteiger partial charge in [0.2, 0.25) is 18.1 Å². The van der Waals surface area contributed by atoms with Gasteiger partial charge in [0.1, 0.15) is 36.8 Å². The zero-order valence-corrected chi connectivity index (χ0v) is 48.8. The van der Waals surface area contributed by atoms with E-state index in [0.717, 1.165) is 44.1 Å². The van der Waals surface area contributed by atoms with Crippen LogP contribution in [0.3, 0.4) is 0 Å². The molecule has 18 nitrogen and oxygen atoms in total. The first kappa shape index (κ1) is 70.9. The summed E-state index contributed by atoms with van der Waals surface area (Å²) in [4.78, 5) is 60.8. The number of hydrogen-bond donors (Lipinski definition) is 7. The van der Waals surface area contributed by atoms with E-state index in [2.05, 4.69) is 24.5 Å². The monoisotopic (exact) mass is 1130 g/mol. The van der Waals surface area contributed by atoms with E-state index in [0.29, 0.717) is 25.0 Å². The summed E-state index contributed by atoms with van der Waals surface area (Å²) in [6.45, 7) is 2.74. The molecule has 1 aromatic carbocycles. The average Bonchev–Trinajstić information content (AvgIpc) is 3.44. The molecule has 0 bridgehead atoms. The number of nitrogens with one attached hydrogen (secondary N) is 2. The maximum Gasteiger partial charge on any atom is 0.472 e. The normalized spacial score (nSPS) is 18.5. The molecule has 0 spiro atoms. The third-order valence-electron chi connectivity index (χ3n) is 14.1. The minimum Gasteiger partial charge on any atom is -0.462 e. The molecule has 19 heteroatoms. The van der Waals surface area contributed by atoms with Crippen molar-refractivity contribution in [2.75, 3.05) is 39.5 Å². The van der Waals surface area contributed by atoms with E-state index in [9.17, 15) is 49.1 Å². The van der Waals surface area contributed by atoms with Crippen molar-refractivity contribution in [1.82, 2.24) is 10.6 Å². The van der Waals surface area contributed by atoms with Gasteiger partial charge in [0.15, 0.2) is 6.10 Å². The van der Waals surface area contributed by atoms with Gasteiger partial charge in [-0.05, 0) is 37.0 Å². The molecule has 78 heavy (non-hydrogen) atoms. The zero-order chi connectivity index (χ0) is 56.9. The van der Waals surface area contributed by atoms with E-state index in [-0.39, 0.29) is 51.3 Å². The van der Waals surface area contributed by atoms with Crippen molar-refractivity contribution in [3.05, 3.63) is 29.8 Å². The summed E-state index contributed by atoms with van der Waals surface area (Å²) in [6.07, 6.45) is 28.6. The van der Waals surface area contributed by atoms with Crippen molar-refractivity contribution in [2.24, 2.45) is 0 Å². The second kappa shape index (κ2) is 46.4. The van der Waals surface area contributed by atoms with Crippen molar-refractivity contribution >= 4 is 31.6 Å². The number of benzene rings is 1. The van der Waals surface area contributed by atoms with Crippen LogP contribution in [-0.4, -0.2) is 125 Å². The van der Waals surface area contributed by atoms with Crippen LogP contribution in [-0.2, 0) is 53.4 Å². The van der Waals surface area contributed by atoms with Gasteiger partial charge in [-0.1, -0.05) is 206 Å². The van der Waals surface area contributed by atoms with Crippen LogP contribution < -0.4 is 15.4 Å². The lowest BCUT2D eigenvalue weighted by atomic mass is 9.99. The van der Waals surface area contributed by atoms with E-state index in [1.807, 2.05) is 0 Å². The van der Waals surface area contributed by atoms with Gasteiger partial charge in [-0.15, -0.1) is 0 Å². The number of phosphoric acid groups is 1. The fourth-order valence-electron chi connectivity index (χ4n) is 9.25. The summed E-state index contributed by atoms with van der Waals surface area (Å²) in [7, 11) is -4.68. The Hall–Kier alpha value is -3.19. The minimum absolute atomic E-state index is 0.107. The Bertz CT molecular complexity index is 1720. The third-order valence-corrected chi connectivity index (χ3v) is 15.1. The van der Waals surface area contributed by atoms with Crippen LogP contribution in [0.1, 0.15) is 238 Å². The van der Waals surface area contributed by atoms with Crippen LogP contribution >= 0.6 is 7.82 Å². The Balaban J connectivity index is 1.68. The lowest BCUT2D eigenvalue weighted by Crippen LogP contribution is -2.60. The van der Waals surface area contributed by atoms with Crippen molar-refractivity contribution in [3.8, 4) is 5.75 Å². The van der Waals surface area contributed by atoms with Crippen LogP contribution in [0.15, 0.2) is 24.3 Å². The van der Waals surface area contributed by atoms with Crippen LogP contribution in [0.4, 0.5) is 0 Å².